The number of nitrogens with zero attached hydrogens (tertiary/aromatic N) is 3. The van der Waals surface area contributed by atoms with Crippen LogP contribution >= 0.6 is 11.6 Å². The number of fused-ring (bicyclic) bond motifs is 1. The molecule has 134 valence electrons. The number of nitrogens with one attached hydrogen (secondary N) is 1. The smallest absolute Gasteiger partial charge is 0.449 e. The maximum atomic E-state index is 12.5. The summed E-state index contributed by atoms with van der Waals surface area (Å²) in [6, 6.07) is 12.6. The molecule has 0 spiro atoms. The fourth-order valence-electron chi connectivity index (χ4n) is 2.63. The molecule has 0 bridgehead atoms. The van der Waals surface area contributed by atoms with E-state index >= 15 is 0 Å². The van der Waals surface area contributed by atoms with Gasteiger partial charge in [-0.15, -0.1) is 0 Å². The van der Waals surface area contributed by atoms with Crippen LogP contribution in [0.3, 0.4) is 0 Å². The summed E-state index contributed by atoms with van der Waals surface area (Å²) in [4.78, 5) is 30.1. The van der Waals surface area contributed by atoms with Crippen molar-refractivity contribution in [3.63, 3.8) is 0 Å². The van der Waals surface area contributed by atoms with E-state index < -0.39 is 6.16 Å². The van der Waals surface area contributed by atoms with Gasteiger partial charge in [0.25, 0.3) is 5.56 Å². The van der Waals surface area contributed by atoms with Crippen molar-refractivity contribution in [2.24, 2.45) is 0 Å². The first-order valence-corrected chi connectivity index (χ1v) is 8.13. The van der Waals surface area contributed by atoms with E-state index in [9.17, 15) is 9.59 Å². The largest absolute Gasteiger partial charge is 0.511 e. The van der Waals surface area contributed by atoms with Gasteiger partial charge < -0.3 is 9.84 Å². The second kappa shape index (κ2) is 6.58. The van der Waals surface area contributed by atoms with E-state index in [4.69, 9.17) is 16.7 Å². The van der Waals surface area contributed by atoms with E-state index in [2.05, 4.69) is 19.8 Å². The second-order valence-corrected chi connectivity index (χ2v) is 6.05. The summed E-state index contributed by atoms with van der Waals surface area (Å²) in [5, 5.41) is 13.6. The lowest BCUT2D eigenvalue weighted by Crippen LogP contribution is -2.13. The quantitative estimate of drug-likeness (QED) is 0.525. The molecule has 0 fully saturated rings. The zero-order valence-electron chi connectivity index (χ0n) is 13.6. The standard InChI is InChI=1S/C18H11ClN4O4/c19-12-4-1-10(2-5-12)11-3-6-15-14(7-11)16(24)22-17(21-15)23-9-13(8-20-23)27-18(25)26/h1-9H,(H,25,26)(H,21,22,24). The molecule has 0 radical (unpaired) electrons. The number of rotatable bonds is 3. The van der Waals surface area contributed by atoms with Crippen LogP contribution in [0.4, 0.5) is 4.79 Å². The van der Waals surface area contributed by atoms with Crippen molar-refractivity contribution in [1.82, 2.24) is 19.7 Å². The molecule has 2 heterocycles. The van der Waals surface area contributed by atoms with Crippen LogP contribution in [0.2, 0.25) is 5.02 Å². The molecule has 2 aromatic heterocycles. The summed E-state index contributed by atoms with van der Waals surface area (Å²) in [6.45, 7) is 0. The van der Waals surface area contributed by atoms with Crippen molar-refractivity contribution in [2.45, 2.75) is 0 Å². The third-order valence-electron chi connectivity index (χ3n) is 3.85. The Morgan fingerprint density at radius 2 is 1.89 bits per heavy atom. The van der Waals surface area contributed by atoms with E-state index in [1.807, 2.05) is 18.2 Å². The predicted octanol–water partition coefficient (Wildman–Crippen LogP) is 3.49. The van der Waals surface area contributed by atoms with E-state index in [-0.39, 0.29) is 17.3 Å². The van der Waals surface area contributed by atoms with Gasteiger partial charge in [0.05, 0.1) is 23.3 Å². The molecule has 0 aliphatic carbocycles. The number of H-pyrrole nitrogens is 1. The van der Waals surface area contributed by atoms with Gasteiger partial charge in [0.2, 0.25) is 5.95 Å². The SMILES string of the molecule is O=C(O)Oc1cnn(-c2nc3ccc(-c4ccc(Cl)cc4)cc3c(=O)[nH]2)c1. The summed E-state index contributed by atoms with van der Waals surface area (Å²) in [5.41, 5.74) is 1.91. The summed E-state index contributed by atoms with van der Waals surface area (Å²) in [6.07, 6.45) is 1.06. The van der Waals surface area contributed by atoms with Crippen molar-refractivity contribution in [3.05, 3.63) is 70.2 Å². The van der Waals surface area contributed by atoms with Crippen LogP contribution in [-0.2, 0) is 0 Å². The van der Waals surface area contributed by atoms with Crippen molar-refractivity contribution < 1.29 is 14.6 Å². The number of carboxylic acid groups (broad SMARTS) is 1. The highest BCUT2D eigenvalue weighted by atomic mass is 35.5. The topological polar surface area (TPSA) is 110 Å². The fraction of sp³-hybridized carbons (Fsp3) is 0. The maximum absolute atomic E-state index is 12.5. The van der Waals surface area contributed by atoms with Crippen LogP contribution in [0.1, 0.15) is 0 Å². The molecule has 4 aromatic rings. The van der Waals surface area contributed by atoms with Crippen LogP contribution in [0.25, 0.3) is 28.0 Å². The van der Waals surface area contributed by atoms with E-state index in [1.54, 1.807) is 24.3 Å². The van der Waals surface area contributed by atoms with Crippen LogP contribution < -0.4 is 10.3 Å². The monoisotopic (exact) mass is 382 g/mol. The Morgan fingerprint density at radius 3 is 2.63 bits per heavy atom. The van der Waals surface area contributed by atoms with Gasteiger partial charge in [0.1, 0.15) is 0 Å². The number of hydrogen-bond acceptors (Lipinski definition) is 5. The molecular formula is C18H11ClN4O4. The molecule has 0 aliphatic heterocycles. The van der Waals surface area contributed by atoms with Crippen molar-refractivity contribution in [3.8, 4) is 22.8 Å². The lowest BCUT2D eigenvalue weighted by atomic mass is 10.0. The van der Waals surface area contributed by atoms with E-state index in [0.29, 0.717) is 15.9 Å². The van der Waals surface area contributed by atoms with Gasteiger partial charge in [-0.05, 0) is 35.4 Å². The molecule has 4 rings (SSSR count). The predicted molar refractivity (Wildman–Crippen MR) is 98.6 cm³/mol. The number of carbonyl (C=O) groups is 1. The minimum Gasteiger partial charge on any atom is -0.449 e. The molecule has 2 N–H and O–H groups in total. The van der Waals surface area contributed by atoms with Gasteiger partial charge in [-0.3, -0.25) is 9.78 Å². The Hall–Kier alpha value is -3.65. The van der Waals surface area contributed by atoms with Gasteiger partial charge in [-0.25, -0.2) is 14.5 Å². The molecule has 0 saturated carbocycles. The first-order valence-electron chi connectivity index (χ1n) is 7.75. The Balaban J connectivity index is 1.75. The Kier molecular flexibility index (Phi) is 4.09. The number of hydrogen-bond donors (Lipinski definition) is 2. The van der Waals surface area contributed by atoms with Gasteiger partial charge in [0.15, 0.2) is 5.75 Å². The van der Waals surface area contributed by atoms with Crippen LogP contribution in [-0.4, -0.2) is 31.0 Å². The number of aromatic nitrogens is 4. The average Bonchev–Trinajstić information content (AvgIpc) is 3.10. The van der Waals surface area contributed by atoms with E-state index in [1.165, 1.54) is 17.1 Å². The van der Waals surface area contributed by atoms with Crippen molar-refractivity contribution in [2.75, 3.05) is 0 Å². The number of benzene rings is 2. The Labute approximate surface area is 156 Å². The molecule has 8 nitrogen and oxygen atoms in total. The Morgan fingerprint density at radius 1 is 1.15 bits per heavy atom. The maximum Gasteiger partial charge on any atom is 0.511 e. The van der Waals surface area contributed by atoms with E-state index in [0.717, 1.165) is 11.1 Å². The summed E-state index contributed by atoms with van der Waals surface area (Å²) in [5.74, 6) is 0.162. The van der Waals surface area contributed by atoms with Crippen LogP contribution in [0, 0.1) is 0 Å². The molecule has 9 heteroatoms. The zero-order valence-corrected chi connectivity index (χ0v) is 14.3. The second-order valence-electron chi connectivity index (χ2n) is 5.62. The van der Waals surface area contributed by atoms with Crippen molar-refractivity contribution in [1.29, 1.82) is 0 Å². The molecular weight excluding hydrogens is 372 g/mol. The highest BCUT2D eigenvalue weighted by Crippen LogP contribution is 2.24. The third kappa shape index (κ3) is 3.38. The number of ether oxygens (including phenoxy) is 1. The first kappa shape index (κ1) is 16.8. The Bertz CT molecular complexity index is 1210. The normalized spacial score (nSPS) is 10.9. The highest BCUT2D eigenvalue weighted by Gasteiger charge is 2.10. The minimum absolute atomic E-state index is 0.0170. The third-order valence-corrected chi connectivity index (χ3v) is 4.10. The molecule has 0 saturated heterocycles. The summed E-state index contributed by atoms with van der Waals surface area (Å²) < 4.78 is 5.74. The molecule has 2 aromatic carbocycles. The molecule has 27 heavy (non-hydrogen) atoms. The summed E-state index contributed by atoms with van der Waals surface area (Å²) in [7, 11) is 0. The van der Waals surface area contributed by atoms with Gasteiger partial charge in [-0.2, -0.15) is 5.10 Å². The lowest BCUT2D eigenvalue weighted by Gasteiger charge is -2.06. The first-order chi connectivity index (χ1) is 13.0. The molecule has 0 amide bonds. The van der Waals surface area contributed by atoms with Gasteiger partial charge in [0, 0.05) is 5.02 Å². The zero-order chi connectivity index (χ0) is 19.0. The minimum atomic E-state index is -1.45. The highest BCUT2D eigenvalue weighted by molar-refractivity contribution is 6.30. The van der Waals surface area contributed by atoms with Crippen LogP contribution in [0.15, 0.2) is 59.7 Å². The van der Waals surface area contributed by atoms with Gasteiger partial charge >= 0.3 is 6.16 Å². The fourth-order valence-corrected chi connectivity index (χ4v) is 2.76. The summed E-state index contributed by atoms with van der Waals surface area (Å²) >= 11 is 5.91. The number of aromatic amines is 1. The molecule has 0 atom stereocenters. The molecule has 0 aliphatic rings. The van der Waals surface area contributed by atoms with Crippen LogP contribution in [0.5, 0.6) is 5.75 Å². The number of halogens is 1. The van der Waals surface area contributed by atoms with Crippen molar-refractivity contribution >= 4 is 28.7 Å². The lowest BCUT2D eigenvalue weighted by molar-refractivity contribution is 0.144. The molecule has 0 unspecified atom stereocenters. The van der Waals surface area contributed by atoms with Gasteiger partial charge in [-0.1, -0.05) is 29.8 Å². The average molecular weight is 383 g/mol.